The maximum atomic E-state index is 13.1. The van der Waals surface area contributed by atoms with Crippen LogP contribution in [0.1, 0.15) is 12.8 Å². The molecule has 1 saturated heterocycles. The second-order valence-electron chi connectivity index (χ2n) is 4.57. The molecule has 0 saturated carbocycles. The van der Waals surface area contributed by atoms with E-state index in [9.17, 15) is 17.2 Å². The molecule has 1 aliphatic heterocycles. The molecule has 1 fully saturated rings. The molecule has 1 N–H and O–H groups in total. The van der Waals surface area contributed by atoms with Gasteiger partial charge in [-0.05, 0) is 32.0 Å². The van der Waals surface area contributed by atoms with Crippen LogP contribution in [-0.4, -0.2) is 38.9 Å². The topological polar surface area (TPSA) is 49.4 Å². The summed E-state index contributed by atoms with van der Waals surface area (Å²) in [5, 5.41) is 3.09. The molecule has 2 rings (SSSR count). The van der Waals surface area contributed by atoms with E-state index in [-0.39, 0.29) is 10.9 Å². The minimum atomic E-state index is -3.81. The summed E-state index contributed by atoms with van der Waals surface area (Å²) in [6.07, 6.45) is 1.38. The van der Waals surface area contributed by atoms with Crippen LogP contribution >= 0.6 is 0 Å². The molecule has 4 nitrogen and oxygen atoms in total. The highest BCUT2D eigenvalue weighted by molar-refractivity contribution is 7.89. The lowest BCUT2D eigenvalue weighted by Gasteiger charge is -2.30. The van der Waals surface area contributed by atoms with Crippen molar-refractivity contribution >= 4 is 10.0 Å². The van der Waals surface area contributed by atoms with E-state index in [1.807, 2.05) is 7.05 Å². The van der Waals surface area contributed by atoms with Gasteiger partial charge in [-0.2, -0.15) is 4.31 Å². The molecule has 0 atom stereocenters. The zero-order valence-corrected chi connectivity index (χ0v) is 11.4. The Hall–Kier alpha value is -1.05. The Kier molecular flexibility index (Phi) is 4.17. The second-order valence-corrected chi connectivity index (χ2v) is 6.51. The summed E-state index contributed by atoms with van der Waals surface area (Å²) < 4.78 is 52.0. The third kappa shape index (κ3) is 3.10. The average Bonchev–Trinajstić information content (AvgIpc) is 2.37. The maximum absolute atomic E-state index is 13.1. The molecule has 106 valence electrons. The smallest absolute Gasteiger partial charge is 0.243 e. The molecular formula is C12H16F2N2O2S. The van der Waals surface area contributed by atoms with E-state index < -0.39 is 21.7 Å². The Morgan fingerprint density at radius 1 is 1.16 bits per heavy atom. The predicted octanol–water partition coefficient (Wildman–Crippen LogP) is 1.34. The summed E-state index contributed by atoms with van der Waals surface area (Å²) in [5.41, 5.74) is 0. The summed E-state index contributed by atoms with van der Waals surface area (Å²) in [6.45, 7) is 0.706. The molecule has 0 spiro atoms. The van der Waals surface area contributed by atoms with Crippen LogP contribution < -0.4 is 5.32 Å². The first-order chi connectivity index (χ1) is 8.93. The minimum Gasteiger partial charge on any atom is -0.317 e. The molecular weight excluding hydrogens is 274 g/mol. The van der Waals surface area contributed by atoms with Gasteiger partial charge in [0.1, 0.15) is 11.6 Å². The van der Waals surface area contributed by atoms with Gasteiger partial charge in [-0.1, -0.05) is 0 Å². The zero-order valence-electron chi connectivity index (χ0n) is 10.6. The lowest BCUT2D eigenvalue weighted by Crippen LogP contribution is -2.43. The van der Waals surface area contributed by atoms with Gasteiger partial charge in [0.05, 0.1) is 4.90 Å². The van der Waals surface area contributed by atoms with Crippen LogP contribution in [0, 0.1) is 11.6 Å². The fourth-order valence-electron chi connectivity index (χ4n) is 2.21. The van der Waals surface area contributed by atoms with Crippen molar-refractivity contribution in [3.63, 3.8) is 0 Å². The van der Waals surface area contributed by atoms with Gasteiger partial charge in [0, 0.05) is 25.2 Å². The molecule has 0 aromatic heterocycles. The van der Waals surface area contributed by atoms with Gasteiger partial charge in [0.15, 0.2) is 0 Å². The lowest BCUT2D eigenvalue weighted by atomic mass is 10.1. The average molecular weight is 290 g/mol. The number of nitrogens with zero attached hydrogens (tertiary/aromatic N) is 1. The Balaban J connectivity index is 2.23. The third-order valence-electron chi connectivity index (χ3n) is 3.34. The Morgan fingerprint density at radius 2 is 1.68 bits per heavy atom. The van der Waals surface area contributed by atoms with Crippen LogP contribution in [0.3, 0.4) is 0 Å². The van der Waals surface area contributed by atoms with Gasteiger partial charge in [0.25, 0.3) is 0 Å². The van der Waals surface area contributed by atoms with Crippen LogP contribution in [0.2, 0.25) is 0 Å². The Labute approximate surface area is 111 Å². The first kappa shape index (κ1) is 14.4. The van der Waals surface area contributed by atoms with E-state index in [1.165, 1.54) is 4.31 Å². The summed E-state index contributed by atoms with van der Waals surface area (Å²) in [7, 11) is -1.98. The number of piperidine rings is 1. The summed E-state index contributed by atoms with van der Waals surface area (Å²) >= 11 is 0. The number of hydrogen-bond acceptors (Lipinski definition) is 3. The van der Waals surface area contributed by atoms with Crippen LogP contribution in [0.25, 0.3) is 0 Å². The SMILES string of the molecule is CNC1CCN(S(=O)(=O)c2cc(F)cc(F)c2)CC1. The summed E-state index contributed by atoms with van der Waals surface area (Å²) in [6, 6.07) is 2.65. The molecule has 19 heavy (non-hydrogen) atoms. The second kappa shape index (κ2) is 5.52. The highest BCUT2D eigenvalue weighted by atomic mass is 32.2. The number of sulfonamides is 1. The van der Waals surface area contributed by atoms with Gasteiger partial charge in [0.2, 0.25) is 10.0 Å². The number of hydrogen-bond donors (Lipinski definition) is 1. The highest BCUT2D eigenvalue weighted by Crippen LogP contribution is 2.22. The summed E-state index contributed by atoms with van der Waals surface area (Å²) in [5.74, 6) is -1.77. The van der Waals surface area contributed by atoms with Gasteiger partial charge >= 0.3 is 0 Å². The fourth-order valence-corrected chi connectivity index (χ4v) is 3.72. The molecule has 7 heteroatoms. The normalized spacial score (nSPS) is 18.7. The molecule has 1 heterocycles. The number of nitrogens with one attached hydrogen (secondary N) is 1. The van der Waals surface area contributed by atoms with Gasteiger partial charge < -0.3 is 5.32 Å². The summed E-state index contributed by atoms with van der Waals surface area (Å²) in [4.78, 5) is -0.326. The van der Waals surface area contributed by atoms with Gasteiger partial charge in [-0.15, -0.1) is 0 Å². The number of rotatable bonds is 3. The van der Waals surface area contributed by atoms with Crippen LogP contribution in [0.4, 0.5) is 8.78 Å². The van der Waals surface area contributed by atoms with Crippen molar-refractivity contribution in [1.82, 2.24) is 9.62 Å². The van der Waals surface area contributed by atoms with Crippen LogP contribution in [0.15, 0.2) is 23.1 Å². The van der Waals surface area contributed by atoms with Crippen LogP contribution in [0.5, 0.6) is 0 Å². The minimum absolute atomic E-state index is 0.288. The van der Waals surface area contributed by atoms with E-state index >= 15 is 0 Å². The molecule has 0 bridgehead atoms. The van der Waals surface area contributed by atoms with Crippen molar-refractivity contribution in [2.24, 2.45) is 0 Å². The van der Waals surface area contributed by atoms with E-state index in [0.29, 0.717) is 32.0 Å². The molecule has 0 radical (unpaired) electrons. The van der Waals surface area contributed by atoms with Crippen molar-refractivity contribution in [1.29, 1.82) is 0 Å². The highest BCUT2D eigenvalue weighted by Gasteiger charge is 2.29. The molecule has 0 amide bonds. The van der Waals surface area contributed by atoms with Crippen molar-refractivity contribution in [3.05, 3.63) is 29.8 Å². The largest absolute Gasteiger partial charge is 0.317 e. The number of benzene rings is 1. The van der Waals surface area contributed by atoms with Gasteiger partial charge in [-0.3, -0.25) is 0 Å². The Bertz CT molecular complexity index is 535. The monoisotopic (exact) mass is 290 g/mol. The molecule has 0 aliphatic carbocycles. The number of halogens is 2. The lowest BCUT2D eigenvalue weighted by molar-refractivity contribution is 0.298. The predicted molar refractivity (Wildman–Crippen MR) is 67.2 cm³/mol. The van der Waals surface area contributed by atoms with E-state index in [4.69, 9.17) is 0 Å². The molecule has 1 aliphatic rings. The van der Waals surface area contributed by atoms with Gasteiger partial charge in [-0.25, -0.2) is 17.2 Å². The fraction of sp³-hybridized carbons (Fsp3) is 0.500. The third-order valence-corrected chi connectivity index (χ3v) is 5.21. The van der Waals surface area contributed by atoms with E-state index in [1.54, 1.807) is 0 Å². The Morgan fingerprint density at radius 3 is 2.16 bits per heavy atom. The van der Waals surface area contributed by atoms with E-state index in [0.717, 1.165) is 12.1 Å². The zero-order chi connectivity index (χ0) is 14.0. The van der Waals surface area contributed by atoms with Crippen molar-refractivity contribution in [3.8, 4) is 0 Å². The standard InChI is InChI=1S/C12H16F2N2O2S/c1-15-11-2-4-16(5-3-11)19(17,18)12-7-9(13)6-10(14)8-12/h6-8,11,15H,2-5H2,1H3. The van der Waals surface area contributed by atoms with Crippen molar-refractivity contribution < 1.29 is 17.2 Å². The maximum Gasteiger partial charge on any atom is 0.243 e. The molecule has 0 unspecified atom stereocenters. The quantitative estimate of drug-likeness (QED) is 0.914. The molecule has 1 aromatic rings. The van der Waals surface area contributed by atoms with Crippen LogP contribution in [-0.2, 0) is 10.0 Å². The molecule has 1 aromatic carbocycles. The first-order valence-electron chi connectivity index (χ1n) is 6.07. The van der Waals surface area contributed by atoms with Crippen molar-refractivity contribution in [2.75, 3.05) is 20.1 Å². The van der Waals surface area contributed by atoms with E-state index in [2.05, 4.69) is 5.32 Å². The first-order valence-corrected chi connectivity index (χ1v) is 7.51. The van der Waals surface area contributed by atoms with Crippen molar-refractivity contribution in [2.45, 2.75) is 23.8 Å².